The Morgan fingerprint density at radius 1 is 1.36 bits per heavy atom. The van der Waals surface area contributed by atoms with Gasteiger partial charge in [0.1, 0.15) is 12.3 Å². The number of aliphatic hydroxyl groups is 1. The number of carbonyl (C=O) groups is 1. The molecular weight excluding hydrogens is 280 g/mol. The van der Waals surface area contributed by atoms with Crippen LogP contribution in [0.4, 0.5) is 0 Å². The lowest BCUT2D eigenvalue weighted by atomic mass is 10.0. The van der Waals surface area contributed by atoms with Gasteiger partial charge in [-0.25, -0.2) is 0 Å². The van der Waals surface area contributed by atoms with Gasteiger partial charge in [0.05, 0.1) is 19.8 Å². The number of fused-ring (bicyclic) bond motifs is 1. The van der Waals surface area contributed by atoms with Gasteiger partial charge in [-0.3, -0.25) is 4.79 Å². The zero-order valence-electron chi connectivity index (χ0n) is 13.4. The van der Waals surface area contributed by atoms with Crippen LogP contribution in [0.1, 0.15) is 20.3 Å². The summed E-state index contributed by atoms with van der Waals surface area (Å²) in [6.07, 6.45) is 2.66. The Morgan fingerprint density at radius 2 is 2.14 bits per heavy atom. The number of carbonyl (C=O) groups excluding carboxylic acids is 1. The molecule has 0 saturated carbocycles. The first-order chi connectivity index (χ1) is 10.5. The van der Waals surface area contributed by atoms with Gasteiger partial charge in [-0.2, -0.15) is 0 Å². The molecule has 1 atom stereocenters. The topological polar surface area (TPSA) is 63.5 Å². The summed E-state index contributed by atoms with van der Waals surface area (Å²) in [6, 6.07) is 7.54. The van der Waals surface area contributed by atoms with Crippen molar-refractivity contribution in [2.75, 3.05) is 13.7 Å². The summed E-state index contributed by atoms with van der Waals surface area (Å²) in [5.41, 5.74) is 0.986. The Morgan fingerprint density at radius 3 is 2.77 bits per heavy atom. The van der Waals surface area contributed by atoms with Gasteiger partial charge in [0.25, 0.3) is 0 Å². The van der Waals surface area contributed by atoms with Gasteiger partial charge < -0.3 is 19.7 Å². The van der Waals surface area contributed by atoms with E-state index in [4.69, 9.17) is 4.74 Å². The maximum absolute atomic E-state index is 12.2. The van der Waals surface area contributed by atoms with Crippen LogP contribution >= 0.6 is 0 Å². The second-order valence-electron chi connectivity index (χ2n) is 5.94. The molecule has 0 aliphatic carbocycles. The Bertz CT molecular complexity index is 634. The third-order valence-corrected chi connectivity index (χ3v) is 3.63. The molecule has 5 heteroatoms. The van der Waals surface area contributed by atoms with E-state index in [9.17, 15) is 9.90 Å². The fraction of sp³-hybridized carbons (Fsp3) is 0.471. The van der Waals surface area contributed by atoms with Crippen LogP contribution in [0.5, 0.6) is 5.75 Å². The van der Waals surface area contributed by atoms with Gasteiger partial charge >= 0.3 is 0 Å². The number of aliphatic hydroxyl groups excluding tert-OH is 1. The van der Waals surface area contributed by atoms with E-state index in [1.807, 2.05) is 35.0 Å². The minimum absolute atomic E-state index is 0.0342. The molecule has 1 amide bonds. The molecule has 0 fully saturated rings. The molecule has 1 unspecified atom stereocenters. The van der Waals surface area contributed by atoms with Crippen molar-refractivity contribution in [2.24, 2.45) is 5.92 Å². The van der Waals surface area contributed by atoms with E-state index in [0.29, 0.717) is 5.92 Å². The van der Waals surface area contributed by atoms with Crippen molar-refractivity contribution in [1.29, 1.82) is 0 Å². The van der Waals surface area contributed by atoms with Gasteiger partial charge in [-0.1, -0.05) is 13.8 Å². The molecule has 1 heterocycles. The van der Waals surface area contributed by atoms with Crippen LogP contribution < -0.4 is 10.1 Å². The lowest BCUT2D eigenvalue weighted by Crippen LogP contribution is -2.40. The summed E-state index contributed by atoms with van der Waals surface area (Å²) < 4.78 is 7.10. The molecule has 0 aliphatic heterocycles. The predicted molar refractivity (Wildman–Crippen MR) is 87.0 cm³/mol. The number of methoxy groups -OCH3 is 1. The Balaban J connectivity index is 2.05. The van der Waals surface area contributed by atoms with E-state index in [2.05, 4.69) is 19.2 Å². The Labute approximate surface area is 130 Å². The first kappa shape index (κ1) is 16.4. The third-order valence-electron chi connectivity index (χ3n) is 3.63. The largest absolute Gasteiger partial charge is 0.497 e. The van der Waals surface area contributed by atoms with Crippen LogP contribution in [-0.4, -0.2) is 35.3 Å². The quantitative estimate of drug-likeness (QED) is 0.824. The molecule has 0 saturated heterocycles. The number of ether oxygens (including phenoxy) is 1. The Kier molecular flexibility index (Phi) is 5.44. The van der Waals surface area contributed by atoms with Crippen molar-refractivity contribution in [2.45, 2.75) is 32.9 Å². The SMILES string of the molecule is COc1ccc2c(ccn2CC(=O)NC(CO)CC(C)C)c1. The Hall–Kier alpha value is -2.01. The molecule has 2 N–H and O–H groups in total. The average molecular weight is 304 g/mol. The summed E-state index contributed by atoms with van der Waals surface area (Å²) in [5, 5.41) is 13.3. The number of aromatic nitrogens is 1. The zero-order valence-corrected chi connectivity index (χ0v) is 13.4. The van der Waals surface area contributed by atoms with Crippen molar-refractivity contribution in [1.82, 2.24) is 9.88 Å². The molecule has 2 rings (SSSR count). The van der Waals surface area contributed by atoms with Crippen molar-refractivity contribution >= 4 is 16.8 Å². The average Bonchev–Trinajstić information content (AvgIpc) is 2.88. The van der Waals surface area contributed by atoms with Crippen LogP contribution in [0.15, 0.2) is 30.5 Å². The van der Waals surface area contributed by atoms with Crippen molar-refractivity contribution in [3.8, 4) is 5.75 Å². The number of nitrogens with one attached hydrogen (secondary N) is 1. The molecule has 22 heavy (non-hydrogen) atoms. The first-order valence-electron chi connectivity index (χ1n) is 7.56. The first-order valence-corrected chi connectivity index (χ1v) is 7.56. The summed E-state index contributed by atoms with van der Waals surface area (Å²) in [6.45, 7) is 4.35. The number of nitrogens with zero attached hydrogens (tertiary/aromatic N) is 1. The van der Waals surface area contributed by atoms with E-state index >= 15 is 0 Å². The third kappa shape index (κ3) is 4.01. The molecular formula is C17H24N2O3. The van der Waals surface area contributed by atoms with Crippen molar-refractivity contribution in [3.05, 3.63) is 30.5 Å². The van der Waals surface area contributed by atoms with Crippen LogP contribution in [0.3, 0.4) is 0 Å². The lowest BCUT2D eigenvalue weighted by Gasteiger charge is -2.18. The molecule has 1 aromatic heterocycles. The minimum atomic E-state index is -0.186. The fourth-order valence-electron chi connectivity index (χ4n) is 2.62. The maximum atomic E-state index is 12.2. The maximum Gasteiger partial charge on any atom is 0.240 e. The van der Waals surface area contributed by atoms with E-state index in [1.165, 1.54) is 0 Å². The number of rotatable bonds is 7. The predicted octanol–water partition coefficient (Wildman–Crippen LogP) is 2.17. The van der Waals surface area contributed by atoms with Crippen LogP contribution in [-0.2, 0) is 11.3 Å². The lowest BCUT2D eigenvalue weighted by molar-refractivity contribution is -0.122. The molecule has 0 spiro atoms. The number of hydrogen-bond acceptors (Lipinski definition) is 3. The van der Waals surface area contributed by atoms with Gasteiger partial charge in [0.15, 0.2) is 0 Å². The molecule has 2 aromatic rings. The van der Waals surface area contributed by atoms with Gasteiger partial charge in [0, 0.05) is 17.1 Å². The number of benzene rings is 1. The highest BCUT2D eigenvalue weighted by Gasteiger charge is 2.14. The van der Waals surface area contributed by atoms with E-state index in [-0.39, 0.29) is 25.1 Å². The minimum Gasteiger partial charge on any atom is -0.497 e. The monoisotopic (exact) mass is 304 g/mol. The van der Waals surface area contributed by atoms with E-state index < -0.39 is 0 Å². The van der Waals surface area contributed by atoms with Crippen molar-refractivity contribution < 1.29 is 14.6 Å². The number of hydrogen-bond donors (Lipinski definition) is 2. The van der Waals surface area contributed by atoms with Gasteiger partial charge in [0.2, 0.25) is 5.91 Å². The molecule has 5 nitrogen and oxygen atoms in total. The fourth-order valence-corrected chi connectivity index (χ4v) is 2.62. The highest BCUT2D eigenvalue weighted by Crippen LogP contribution is 2.21. The second-order valence-corrected chi connectivity index (χ2v) is 5.94. The van der Waals surface area contributed by atoms with Gasteiger partial charge in [-0.15, -0.1) is 0 Å². The van der Waals surface area contributed by atoms with Crippen molar-refractivity contribution in [3.63, 3.8) is 0 Å². The van der Waals surface area contributed by atoms with Crippen LogP contribution in [0.2, 0.25) is 0 Å². The summed E-state index contributed by atoms with van der Waals surface area (Å²) in [7, 11) is 1.63. The summed E-state index contributed by atoms with van der Waals surface area (Å²) in [4.78, 5) is 12.2. The number of amides is 1. The molecule has 1 aromatic carbocycles. The smallest absolute Gasteiger partial charge is 0.240 e. The van der Waals surface area contributed by atoms with E-state index in [1.54, 1.807) is 7.11 Å². The summed E-state index contributed by atoms with van der Waals surface area (Å²) >= 11 is 0. The molecule has 0 radical (unpaired) electrons. The summed E-state index contributed by atoms with van der Waals surface area (Å²) in [5.74, 6) is 1.14. The molecule has 0 aliphatic rings. The van der Waals surface area contributed by atoms with Crippen LogP contribution in [0.25, 0.3) is 10.9 Å². The second kappa shape index (κ2) is 7.31. The molecule has 120 valence electrons. The zero-order chi connectivity index (χ0) is 16.1. The van der Waals surface area contributed by atoms with Gasteiger partial charge in [-0.05, 0) is 36.6 Å². The highest BCUT2D eigenvalue weighted by atomic mass is 16.5. The normalized spacial score (nSPS) is 12.6. The highest BCUT2D eigenvalue weighted by molar-refractivity contribution is 5.84. The van der Waals surface area contributed by atoms with E-state index in [0.717, 1.165) is 23.1 Å². The molecule has 0 bridgehead atoms. The van der Waals surface area contributed by atoms with Crippen LogP contribution in [0, 0.1) is 5.92 Å². The standard InChI is InChI=1S/C17H24N2O3/c1-12(2)8-14(11-20)18-17(21)10-19-7-6-13-9-15(22-3)4-5-16(13)19/h4-7,9,12,14,20H,8,10-11H2,1-3H3,(H,18,21).